The number of benzene rings is 1. The Hall–Kier alpha value is -1.75. The first-order valence-corrected chi connectivity index (χ1v) is 4.63. The Morgan fingerprint density at radius 2 is 2.00 bits per heavy atom. The van der Waals surface area contributed by atoms with Gasteiger partial charge in [0.25, 0.3) is 5.91 Å². The van der Waals surface area contributed by atoms with Crippen LogP contribution in [0.1, 0.15) is 23.7 Å². The molecule has 0 fully saturated rings. The largest absolute Gasteiger partial charge is 0.341 e. The Morgan fingerprint density at radius 3 is 2.64 bits per heavy atom. The summed E-state index contributed by atoms with van der Waals surface area (Å²) in [7, 11) is 0. The minimum absolute atomic E-state index is 0.0731. The normalized spacial score (nSPS) is 8.64. The van der Waals surface area contributed by atoms with E-state index >= 15 is 0 Å². The third kappa shape index (κ3) is 3.32. The van der Waals surface area contributed by atoms with Gasteiger partial charge in [-0.2, -0.15) is 0 Å². The van der Waals surface area contributed by atoms with Crippen LogP contribution in [-0.2, 0) is 0 Å². The Kier molecular flexibility index (Phi) is 4.30. The molecule has 1 N–H and O–H groups in total. The van der Waals surface area contributed by atoms with Gasteiger partial charge in [-0.3, -0.25) is 4.79 Å². The number of hydrogen-bond acceptors (Lipinski definition) is 1. The lowest BCUT2D eigenvalue weighted by Gasteiger charge is -1.99. The molecule has 1 rings (SSSR count). The van der Waals surface area contributed by atoms with Crippen molar-refractivity contribution in [3.8, 4) is 11.8 Å². The first kappa shape index (κ1) is 10.3. The standard InChI is InChI=1S/C12H13NO/c1-2-3-7-10-13-12(14)11-8-5-4-6-9-11/h4-6,8-9H,2,10H2,1H3,(H,13,14). The van der Waals surface area contributed by atoms with E-state index in [2.05, 4.69) is 17.2 Å². The maximum absolute atomic E-state index is 11.4. The van der Waals surface area contributed by atoms with Crippen molar-refractivity contribution in [2.24, 2.45) is 0 Å². The van der Waals surface area contributed by atoms with E-state index in [-0.39, 0.29) is 5.91 Å². The highest BCUT2D eigenvalue weighted by molar-refractivity contribution is 5.94. The van der Waals surface area contributed by atoms with E-state index < -0.39 is 0 Å². The van der Waals surface area contributed by atoms with Gasteiger partial charge in [0.2, 0.25) is 0 Å². The molecule has 0 aliphatic heterocycles. The molecule has 1 amide bonds. The summed E-state index contributed by atoms with van der Waals surface area (Å²) in [4.78, 5) is 11.4. The number of carbonyl (C=O) groups is 1. The highest BCUT2D eigenvalue weighted by Gasteiger charge is 2.00. The van der Waals surface area contributed by atoms with Gasteiger partial charge in [0.15, 0.2) is 0 Å². The highest BCUT2D eigenvalue weighted by Crippen LogP contribution is 1.96. The molecule has 0 saturated heterocycles. The molecule has 0 aliphatic rings. The average molecular weight is 187 g/mol. The molecule has 0 saturated carbocycles. The van der Waals surface area contributed by atoms with Crippen molar-refractivity contribution >= 4 is 5.91 Å². The molecular weight excluding hydrogens is 174 g/mol. The van der Waals surface area contributed by atoms with Gasteiger partial charge in [0.05, 0.1) is 6.54 Å². The molecule has 14 heavy (non-hydrogen) atoms. The van der Waals surface area contributed by atoms with Crippen molar-refractivity contribution in [1.82, 2.24) is 5.32 Å². The molecule has 1 aromatic carbocycles. The van der Waals surface area contributed by atoms with E-state index in [1.165, 1.54) is 0 Å². The summed E-state index contributed by atoms with van der Waals surface area (Å²) in [6.45, 7) is 2.40. The van der Waals surface area contributed by atoms with E-state index in [0.717, 1.165) is 6.42 Å². The van der Waals surface area contributed by atoms with Crippen LogP contribution in [-0.4, -0.2) is 12.5 Å². The SMILES string of the molecule is CCC#CCNC(=O)c1ccccc1. The predicted octanol–water partition coefficient (Wildman–Crippen LogP) is 1.83. The summed E-state index contributed by atoms with van der Waals surface area (Å²) in [6, 6.07) is 9.12. The minimum atomic E-state index is -0.0731. The molecule has 0 aromatic heterocycles. The second-order valence-electron chi connectivity index (χ2n) is 2.76. The first-order chi connectivity index (χ1) is 6.84. The van der Waals surface area contributed by atoms with E-state index in [1.54, 1.807) is 12.1 Å². The van der Waals surface area contributed by atoms with Gasteiger partial charge in [-0.15, -0.1) is 5.92 Å². The monoisotopic (exact) mass is 187 g/mol. The van der Waals surface area contributed by atoms with E-state index in [9.17, 15) is 4.79 Å². The maximum atomic E-state index is 11.4. The lowest BCUT2D eigenvalue weighted by Crippen LogP contribution is -2.23. The molecule has 1 aromatic rings. The third-order valence-corrected chi connectivity index (χ3v) is 1.68. The Morgan fingerprint density at radius 1 is 1.29 bits per heavy atom. The molecule has 0 atom stereocenters. The highest BCUT2D eigenvalue weighted by atomic mass is 16.1. The zero-order valence-corrected chi connectivity index (χ0v) is 8.21. The second-order valence-corrected chi connectivity index (χ2v) is 2.76. The molecule has 0 radical (unpaired) electrons. The fourth-order valence-corrected chi connectivity index (χ4v) is 1.00. The van der Waals surface area contributed by atoms with Gasteiger partial charge >= 0.3 is 0 Å². The maximum Gasteiger partial charge on any atom is 0.252 e. The van der Waals surface area contributed by atoms with Crippen molar-refractivity contribution in [3.63, 3.8) is 0 Å². The summed E-state index contributed by atoms with van der Waals surface area (Å²) < 4.78 is 0. The number of amides is 1. The smallest absolute Gasteiger partial charge is 0.252 e. The van der Waals surface area contributed by atoms with Gasteiger partial charge in [0.1, 0.15) is 0 Å². The number of hydrogen-bond donors (Lipinski definition) is 1. The average Bonchev–Trinajstić information content (AvgIpc) is 2.25. The fraction of sp³-hybridized carbons (Fsp3) is 0.250. The zero-order chi connectivity index (χ0) is 10.2. The molecule has 0 bridgehead atoms. The Labute approximate surface area is 84.3 Å². The topological polar surface area (TPSA) is 29.1 Å². The summed E-state index contributed by atoms with van der Waals surface area (Å²) in [5.74, 6) is 5.67. The van der Waals surface area contributed by atoms with Crippen LogP contribution in [0.4, 0.5) is 0 Å². The van der Waals surface area contributed by atoms with Gasteiger partial charge in [0, 0.05) is 12.0 Å². The number of rotatable bonds is 2. The van der Waals surface area contributed by atoms with Crippen molar-refractivity contribution in [1.29, 1.82) is 0 Å². The molecule has 0 unspecified atom stereocenters. The first-order valence-electron chi connectivity index (χ1n) is 4.63. The van der Waals surface area contributed by atoms with Crippen LogP contribution in [0.3, 0.4) is 0 Å². The predicted molar refractivity (Wildman–Crippen MR) is 56.8 cm³/mol. The summed E-state index contributed by atoms with van der Waals surface area (Å²) in [5.41, 5.74) is 0.672. The zero-order valence-electron chi connectivity index (χ0n) is 8.21. The number of nitrogens with one attached hydrogen (secondary N) is 1. The Bertz CT molecular complexity index is 346. The van der Waals surface area contributed by atoms with Crippen molar-refractivity contribution in [2.45, 2.75) is 13.3 Å². The van der Waals surface area contributed by atoms with Crippen LogP contribution in [0.15, 0.2) is 30.3 Å². The lowest BCUT2D eigenvalue weighted by atomic mass is 10.2. The Balaban J connectivity index is 2.44. The molecular formula is C12H13NO. The quantitative estimate of drug-likeness (QED) is 0.703. The lowest BCUT2D eigenvalue weighted by molar-refractivity contribution is 0.0958. The van der Waals surface area contributed by atoms with Crippen LogP contribution >= 0.6 is 0 Å². The molecule has 0 aliphatic carbocycles. The van der Waals surface area contributed by atoms with Crippen LogP contribution in [0.25, 0.3) is 0 Å². The van der Waals surface area contributed by atoms with E-state index in [1.807, 2.05) is 25.1 Å². The van der Waals surface area contributed by atoms with Gasteiger partial charge in [-0.1, -0.05) is 31.0 Å². The van der Waals surface area contributed by atoms with Gasteiger partial charge in [-0.25, -0.2) is 0 Å². The molecule has 72 valence electrons. The number of carbonyl (C=O) groups excluding carboxylic acids is 1. The van der Waals surface area contributed by atoms with E-state index in [4.69, 9.17) is 0 Å². The van der Waals surface area contributed by atoms with Crippen molar-refractivity contribution in [3.05, 3.63) is 35.9 Å². The summed E-state index contributed by atoms with van der Waals surface area (Å²) >= 11 is 0. The molecule has 2 nitrogen and oxygen atoms in total. The van der Waals surface area contributed by atoms with Crippen LogP contribution < -0.4 is 5.32 Å². The van der Waals surface area contributed by atoms with Crippen molar-refractivity contribution in [2.75, 3.05) is 6.54 Å². The van der Waals surface area contributed by atoms with Crippen LogP contribution in [0.5, 0.6) is 0 Å². The summed E-state index contributed by atoms with van der Waals surface area (Å²) in [6.07, 6.45) is 0.821. The van der Waals surface area contributed by atoms with Crippen LogP contribution in [0, 0.1) is 11.8 Å². The van der Waals surface area contributed by atoms with Gasteiger partial charge in [-0.05, 0) is 12.1 Å². The second kappa shape index (κ2) is 5.82. The fourth-order valence-electron chi connectivity index (χ4n) is 1.00. The molecule has 0 spiro atoms. The minimum Gasteiger partial charge on any atom is -0.341 e. The molecule has 2 heteroatoms. The van der Waals surface area contributed by atoms with Crippen molar-refractivity contribution < 1.29 is 4.79 Å². The van der Waals surface area contributed by atoms with Gasteiger partial charge < -0.3 is 5.32 Å². The molecule has 0 heterocycles. The van der Waals surface area contributed by atoms with Crippen LogP contribution in [0.2, 0.25) is 0 Å². The summed E-state index contributed by atoms with van der Waals surface area (Å²) in [5, 5.41) is 2.72. The third-order valence-electron chi connectivity index (χ3n) is 1.68. The van der Waals surface area contributed by atoms with E-state index in [0.29, 0.717) is 12.1 Å².